The summed E-state index contributed by atoms with van der Waals surface area (Å²) in [6.45, 7) is 2.28. The van der Waals surface area contributed by atoms with Crippen LogP contribution in [0.5, 0.6) is 5.75 Å². The van der Waals surface area contributed by atoms with Gasteiger partial charge in [0.2, 0.25) is 0 Å². The number of hydrogen-bond acceptors (Lipinski definition) is 3. The first-order chi connectivity index (χ1) is 9.12. The number of H-pyrrole nitrogens is 1. The van der Waals surface area contributed by atoms with Gasteiger partial charge in [0.05, 0.1) is 6.61 Å². The quantitative estimate of drug-likeness (QED) is 0.598. The lowest BCUT2D eigenvalue weighted by Gasteiger charge is -2.12. The highest BCUT2D eigenvalue weighted by Crippen LogP contribution is 2.45. The van der Waals surface area contributed by atoms with Gasteiger partial charge in [-0.3, -0.25) is 9.42 Å². The number of para-hydroxylation sites is 1. The first-order valence-corrected chi connectivity index (χ1v) is 7.85. The molecule has 0 saturated heterocycles. The van der Waals surface area contributed by atoms with Crippen LogP contribution in [0.1, 0.15) is 26.2 Å². The number of benzene rings is 1. The Balaban J connectivity index is 2.01. The fourth-order valence-electron chi connectivity index (χ4n) is 1.80. The third kappa shape index (κ3) is 3.83. The number of unbranched alkanes of at least 4 members (excludes halogenated alkanes) is 2. The topological polar surface area (TPSA) is 71.6 Å². The zero-order valence-electron chi connectivity index (χ0n) is 10.8. The third-order valence-corrected chi connectivity index (χ3v) is 3.70. The van der Waals surface area contributed by atoms with Crippen LogP contribution in [0.4, 0.5) is 0 Å². The fraction of sp³-hybridized carbons (Fsp3) is 0.385. The number of fused-ring (bicyclic) bond motifs is 1. The van der Waals surface area contributed by atoms with E-state index >= 15 is 0 Å². The van der Waals surface area contributed by atoms with Crippen molar-refractivity contribution in [2.24, 2.45) is 0 Å². The van der Waals surface area contributed by atoms with Crippen molar-refractivity contribution in [1.82, 2.24) is 4.98 Å². The van der Waals surface area contributed by atoms with Gasteiger partial charge in [0.1, 0.15) is 0 Å². The molecule has 6 heteroatoms. The molecule has 0 spiro atoms. The summed E-state index contributed by atoms with van der Waals surface area (Å²) in [7, 11) is -4.05. The van der Waals surface area contributed by atoms with Crippen LogP contribution in [-0.4, -0.2) is 16.5 Å². The molecule has 2 rings (SSSR count). The molecule has 104 valence electrons. The monoisotopic (exact) mass is 283 g/mol. The molecular formula is C13H18NO4P. The maximum atomic E-state index is 11.8. The van der Waals surface area contributed by atoms with E-state index in [2.05, 4.69) is 11.9 Å². The number of aromatic nitrogens is 1. The van der Waals surface area contributed by atoms with Gasteiger partial charge < -0.3 is 9.51 Å². The Morgan fingerprint density at radius 3 is 2.89 bits per heavy atom. The van der Waals surface area contributed by atoms with Gasteiger partial charge in [-0.05, 0) is 18.6 Å². The minimum absolute atomic E-state index is 0.226. The molecule has 1 atom stereocenters. The largest absolute Gasteiger partial charge is 0.527 e. The average Bonchev–Trinajstić information content (AvgIpc) is 2.78. The maximum absolute atomic E-state index is 11.8. The van der Waals surface area contributed by atoms with Crippen molar-refractivity contribution in [1.29, 1.82) is 0 Å². The van der Waals surface area contributed by atoms with E-state index < -0.39 is 7.82 Å². The van der Waals surface area contributed by atoms with Crippen LogP contribution in [0.3, 0.4) is 0 Å². The summed E-state index contributed by atoms with van der Waals surface area (Å²) in [6.07, 6.45) is 4.30. The molecule has 0 aliphatic rings. The first kappa shape index (κ1) is 14.1. The second-order valence-electron chi connectivity index (χ2n) is 4.30. The van der Waals surface area contributed by atoms with E-state index in [0.717, 1.165) is 30.2 Å². The van der Waals surface area contributed by atoms with Crippen LogP contribution in [-0.2, 0) is 9.09 Å². The molecule has 0 fully saturated rings. The zero-order chi connectivity index (χ0) is 13.7. The Kier molecular flexibility index (Phi) is 4.64. The van der Waals surface area contributed by atoms with Crippen LogP contribution >= 0.6 is 7.82 Å². The highest BCUT2D eigenvalue weighted by molar-refractivity contribution is 7.47. The molecule has 1 aromatic heterocycles. The second-order valence-corrected chi connectivity index (χ2v) is 5.68. The molecular weight excluding hydrogens is 265 g/mol. The Morgan fingerprint density at radius 1 is 1.32 bits per heavy atom. The Bertz CT molecular complexity index is 581. The molecule has 19 heavy (non-hydrogen) atoms. The lowest BCUT2D eigenvalue weighted by Crippen LogP contribution is -1.98. The predicted octanol–water partition coefficient (Wildman–Crippen LogP) is 3.85. The van der Waals surface area contributed by atoms with Crippen molar-refractivity contribution in [3.05, 3.63) is 30.5 Å². The van der Waals surface area contributed by atoms with Crippen molar-refractivity contribution >= 4 is 18.7 Å². The van der Waals surface area contributed by atoms with E-state index in [-0.39, 0.29) is 6.61 Å². The molecule has 1 heterocycles. The molecule has 1 aromatic carbocycles. The highest BCUT2D eigenvalue weighted by Gasteiger charge is 2.24. The average molecular weight is 283 g/mol. The summed E-state index contributed by atoms with van der Waals surface area (Å²) in [6, 6.07) is 7.40. The van der Waals surface area contributed by atoms with Gasteiger partial charge in [0.25, 0.3) is 0 Å². The Morgan fingerprint density at radius 2 is 2.11 bits per heavy atom. The van der Waals surface area contributed by atoms with Gasteiger partial charge in [0, 0.05) is 17.1 Å². The maximum Gasteiger partial charge on any atom is 0.527 e. The van der Waals surface area contributed by atoms with E-state index in [4.69, 9.17) is 9.05 Å². The highest BCUT2D eigenvalue weighted by atomic mass is 31.2. The van der Waals surface area contributed by atoms with Gasteiger partial charge in [-0.15, -0.1) is 0 Å². The van der Waals surface area contributed by atoms with Crippen molar-refractivity contribution in [2.75, 3.05) is 6.61 Å². The fourth-order valence-corrected chi connectivity index (χ4v) is 2.62. The Labute approximate surface area is 112 Å². The summed E-state index contributed by atoms with van der Waals surface area (Å²) in [4.78, 5) is 12.6. The van der Waals surface area contributed by atoms with Gasteiger partial charge in [-0.25, -0.2) is 4.57 Å². The van der Waals surface area contributed by atoms with Gasteiger partial charge >= 0.3 is 7.82 Å². The van der Waals surface area contributed by atoms with Crippen molar-refractivity contribution in [3.8, 4) is 5.75 Å². The van der Waals surface area contributed by atoms with E-state index in [1.807, 2.05) is 24.3 Å². The lowest BCUT2D eigenvalue weighted by molar-refractivity contribution is 0.200. The van der Waals surface area contributed by atoms with Gasteiger partial charge in [-0.2, -0.15) is 0 Å². The van der Waals surface area contributed by atoms with Gasteiger partial charge in [0.15, 0.2) is 5.75 Å². The van der Waals surface area contributed by atoms with E-state index in [1.54, 1.807) is 6.20 Å². The number of nitrogens with one attached hydrogen (secondary N) is 1. The molecule has 0 aliphatic carbocycles. The van der Waals surface area contributed by atoms with Crippen LogP contribution in [0, 0.1) is 0 Å². The smallest absolute Gasteiger partial charge is 0.402 e. The molecule has 5 nitrogen and oxygen atoms in total. The minimum Gasteiger partial charge on any atom is -0.402 e. The number of aromatic amines is 1. The number of hydrogen-bond donors (Lipinski definition) is 2. The molecule has 0 bridgehead atoms. The summed E-state index contributed by atoms with van der Waals surface area (Å²) in [5.74, 6) is 0.330. The zero-order valence-corrected chi connectivity index (χ0v) is 11.7. The summed E-state index contributed by atoms with van der Waals surface area (Å²) in [5, 5.41) is 0.758. The molecule has 0 aliphatic heterocycles. The van der Waals surface area contributed by atoms with Gasteiger partial charge in [-0.1, -0.05) is 31.9 Å². The first-order valence-electron chi connectivity index (χ1n) is 6.35. The summed E-state index contributed by atoms with van der Waals surface area (Å²) >= 11 is 0. The SMILES string of the molecule is CCCCCOP(=O)(O)Oc1c[nH]c2ccccc12. The van der Waals surface area contributed by atoms with E-state index in [1.165, 1.54) is 0 Å². The molecule has 0 radical (unpaired) electrons. The molecule has 2 aromatic rings. The molecule has 2 N–H and O–H groups in total. The van der Waals surface area contributed by atoms with Crippen molar-refractivity contribution in [3.63, 3.8) is 0 Å². The lowest BCUT2D eigenvalue weighted by atomic mass is 10.2. The molecule has 0 amide bonds. The van der Waals surface area contributed by atoms with Crippen LogP contribution in [0.15, 0.2) is 30.5 Å². The van der Waals surface area contributed by atoms with E-state index in [9.17, 15) is 9.46 Å². The standard InChI is InChI=1S/C13H18NO4P/c1-2-3-6-9-17-19(15,16)18-13-10-14-12-8-5-4-7-11(12)13/h4-5,7-8,10,14H,2-3,6,9H2,1H3,(H,15,16). The van der Waals surface area contributed by atoms with Crippen molar-refractivity contribution < 1.29 is 18.5 Å². The summed E-state index contributed by atoms with van der Waals surface area (Å²) < 4.78 is 21.8. The number of phosphoric ester groups is 1. The molecule has 1 unspecified atom stereocenters. The summed E-state index contributed by atoms with van der Waals surface area (Å²) in [5.41, 5.74) is 0.850. The number of rotatable bonds is 7. The third-order valence-electron chi connectivity index (χ3n) is 2.77. The predicted molar refractivity (Wildman–Crippen MR) is 74.2 cm³/mol. The Hall–Kier alpha value is -1.29. The van der Waals surface area contributed by atoms with Crippen LogP contribution in [0.25, 0.3) is 10.9 Å². The molecule has 0 saturated carbocycles. The van der Waals surface area contributed by atoms with Crippen LogP contribution in [0.2, 0.25) is 0 Å². The van der Waals surface area contributed by atoms with Crippen molar-refractivity contribution in [2.45, 2.75) is 26.2 Å². The second kappa shape index (κ2) is 6.24. The van der Waals surface area contributed by atoms with Crippen LogP contribution < -0.4 is 4.52 Å². The van der Waals surface area contributed by atoms with E-state index in [0.29, 0.717) is 5.75 Å². The number of phosphoric acid groups is 1. The minimum atomic E-state index is -4.05. The normalized spacial score (nSPS) is 14.4.